The number of carbonyl (C=O) groups excluding carboxylic acids is 2. The second-order valence-electron chi connectivity index (χ2n) is 7.36. The fourth-order valence-electron chi connectivity index (χ4n) is 3.58. The van der Waals surface area contributed by atoms with Crippen molar-refractivity contribution in [2.75, 3.05) is 18.1 Å². The number of amides is 2. The van der Waals surface area contributed by atoms with Crippen LogP contribution < -0.4 is 15.6 Å². The number of pyridine rings is 1. The van der Waals surface area contributed by atoms with Crippen LogP contribution in [0.25, 0.3) is 0 Å². The second-order valence-corrected chi connectivity index (χ2v) is 10.1. The molecule has 35 heavy (non-hydrogen) atoms. The van der Waals surface area contributed by atoms with Gasteiger partial charge in [0.2, 0.25) is 0 Å². The fourth-order valence-corrected chi connectivity index (χ4v) is 5.85. The molecule has 0 radical (unpaired) electrons. The van der Waals surface area contributed by atoms with Gasteiger partial charge in [0.15, 0.2) is 29.8 Å². The number of rotatable bonds is 9. The Bertz CT molecular complexity index is 1250. The molecular formula is C21H20ClN6O5S2+. The molecule has 0 saturated carbocycles. The molecule has 2 amide bonds. The molecule has 2 atom stereocenters. The van der Waals surface area contributed by atoms with Crippen molar-refractivity contribution < 1.29 is 28.9 Å². The van der Waals surface area contributed by atoms with E-state index in [4.69, 9.17) is 22.2 Å². The molecule has 0 bridgehead atoms. The highest BCUT2D eigenvalue weighted by molar-refractivity contribution is 8.00. The summed E-state index contributed by atoms with van der Waals surface area (Å²) in [5.41, 5.74) is 5.97. The van der Waals surface area contributed by atoms with Gasteiger partial charge < -0.3 is 21.0 Å². The number of carboxylic acids is 1. The van der Waals surface area contributed by atoms with Crippen LogP contribution in [-0.4, -0.2) is 62.3 Å². The number of oxime groups is 1. The fraction of sp³-hybridized carbons (Fsp3) is 0.238. The van der Waals surface area contributed by atoms with Gasteiger partial charge in [-0.2, -0.15) is 0 Å². The van der Waals surface area contributed by atoms with E-state index in [0.29, 0.717) is 17.9 Å². The van der Waals surface area contributed by atoms with E-state index in [9.17, 15) is 19.5 Å². The van der Waals surface area contributed by atoms with Crippen LogP contribution in [0.4, 0.5) is 5.13 Å². The van der Waals surface area contributed by atoms with Crippen molar-refractivity contribution in [2.45, 2.75) is 18.0 Å². The van der Waals surface area contributed by atoms with Gasteiger partial charge in [0.1, 0.15) is 33.7 Å². The number of nitrogen functional groups attached to an aromatic ring is 1. The summed E-state index contributed by atoms with van der Waals surface area (Å²) in [7, 11) is 0. The molecule has 2 aromatic rings. The van der Waals surface area contributed by atoms with Crippen molar-refractivity contribution in [3.05, 3.63) is 64.5 Å². The molecule has 0 aliphatic carbocycles. The third kappa shape index (κ3) is 5.01. The van der Waals surface area contributed by atoms with Crippen LogP contribution in [0, 0.1) is 0 Å². The first kappa shape index (κ1) is 24.7. The van der Waals surface area contributed by atoms with Crippen LogP contribution in [0.3, 0.4) is 0 Å². The summed E-state index contributed by atoms with van der Waals surface area (Å²) in [5.74, 6) is -2.13. The minimum absolute atomic E-state index is 0.0175. The van der Waals surface area contributed by atoms with E-state index < -0.39 is 29.2 Å². The predicted molar refractivity (Wildman–Crippen MR) is 131 cm³/mol. The first-order chi connectivity index (χ1) is 16.8. The highest BCUT2D eigenvalue weighted by atomic mass is 35.5. The largest absolute Gasteiger partial charge is 0.477 e. The van der Waals surface area contributed by atoms with Gasteiger partial charge in [-0.05, 0) is 0 Å². The van der Waals surface area contributed by atoms with Crippen molar-refractivity contribution in [1.29, 1.82) is 0 Å². The van der Waals surface area contributed by atoms with Crippen LogP contribution in [0.2, 0.25) is 4.34 Å². The number of carbonyl (C=O) groups is 3. The van der Waals surface area contributed by atoms with Crippen LogP contribution in [-0.2, 0) is 25.8 Å². The maximum atomic E-state index is 13.0. The number of thiazole rings is 1. The molecule has 2 aliphatic rings. The van der Waals surface area contributed by atoms with Crippen LogP contribution in [0.5, 0.6) is 0 Å². The Balaban J connectivity index is 1.55. The van der Waals surface area contributed by atoms with Gasteiger partial charge in [-0.15, -0.1) is 11.8 Å². The number of carboxylic acid groups (broad SMARTS) is 1. The Morgan fingerprint density at radius 2 is 2.17 bits per heavy atom. The molecule has 1 unspecified atom stereocenters. The van der Waals surface area contributed by atoms with Crippen molar-refractivity contribution in [1.82, 2.24) is 15.2 Å². The summed E-state index contributed by atoms with van der Waals surface area (Å²) < 4.78 is 1.96. The van der Waals surface area contributed by atoms with Gasteiger partial charge in [0.25, 0.3) is 11.8 Å². The highest BCUT2D eigenvalue weighted by Gasteiger charge is 2.54. The zero-order valence-corrected chi connectivity index (χ0v) is 20.5. The number of hydrogen-bond donors (Lipinski definition) is 3. The molecule has 4 heterocycles. The number of fused-ring (bicyclic) bond motifs is 1. The minimum Gasteiger partial charge on any atom is -0.477 e. The Morgan fingerprint density at radius 1 is 1.43 bits per heavy atom. The van der Waals surface area contributed by atoms with Gasteiger partial charge in [-0.1, -0.05) is 46.8 Å². The number of thioether (sulfide) groups is 1. The Kier molecular flexibility index (Phi) is 7.38. The average molecular weight is 536 g/mol. The minimum atomic E-state index is -1.20. The normalized spacial score (nSPS) is 19.6. The molecule has 2 aromatic heterocycles. The SMILES string of the molecule is C=CCO/N=C(\C(=O)NC1C(=O)N2C(C(=O)O)=C(C[n+]3ccccc3)CS[C@H]12)c1nc(N)sc1Cl. The van der Waals surface area contributed by atoms with Gasteiger partial charge in [-0.25, -0.2) is 14.3 Å². The Hall–Kier alpha value is -3.42. The average Bonchev–Trinajstić information content (AvgIpc) is 3.17. The molecule has 14 heteroatoms. The number of β-lactam (4-membered cyclic amide) rings is 1. The zero-order chi connectivity index (χ0) is 25.1. The Morgan fingerprint density at radius 3 is 2.80 bits per heavy atom. The second kappa shape index (κ2) is 10.5. The van der Waals surface area contributed by atoms with E-state index in [1.165, 1.54) is 22.7 Å². The lowest BCUT2D eigenvalue weighted by molar-refractivity contribution is -0.689. The molecule has 0 spiro atoms. The van der Waals surface area contributed by atoms with Crippen LogP contribution in [0.1, 0.15) is 5.69 Å². The smallest absolute Gasteiger partial charge is 0.352 e. The van der Waals surface area contributed by atoms with E-state index in [0.717, 1.165) is 11.3 Å². The molecule has 2 aliphatic heterocycles. The lowest BCUT2D eigenvalue weighted by Crippen LogP contribution is -2.71. The number of aliphatic carboxylic acids is 1. The number of nitrogens with zero attached hydrogens (tertiary/aromatic N) is 4. The molecule has 4 rings (SSSR count). The monoisotopic (exact) mass is 535 g/mol. The molecule has 0 aromatic carbocycles. The van der Waals surface area contributed by atoms with E-state index in [2.05, 4.69) is 22.0 Å². The number of halogens is 1. The first-order valence-corrected chi connectivity index (χ1v) is 12.4. The lowest BCUT2D eigenvalue weighted by atomic mass is 10.0. The summed E-state index contributed by atoms with van der Waals surface area (Å²) in [6.07, 6.45) is 5.07. The van der Waals surface area contributed by atoms with E-state index in [1.807, 2.05) is 35.2 Å². The summed E-state index contributed by atoms with van der Waals surface area (Å²) >= 11 is 8.47. The van der Waals surface area contributed by atoms with Crippen molar-refractivity contribution in [3.8, 4) is 0 Å². The van der Waals surface area contributed by atoms with E-state index >= 15 is 0 Å². The zero-order valence-electron chi connectivity index (χ0n) is 18.1. The van der Waals surface area contributed by atoms with Crippen molar-refractivity contribution in [3.63, 3.8) is 0 Å². The third-order valence-corrected chi connectivity index (χ3v) is 7.50. The van der Waals surface area contributed by atoms with Crippen LogP contribution in [0.15, 0.2) is 59.7 Å². The number of nitrogens with one attached hydrogen (secondary N) is 1. The number of hydrogen-bond acceptors (Lipinski definition) is 9. The molecule has 4 N–H and O–H groups in total. The summed E-state index contributed by atoms with van der Waals surface area (Å²) in [5, 5.41) is 15.8. The maximum Gasteiger partial charge on any atom is 0.352 e. The summed E-state index contributed by atoms with van der Waals surface area (Å²) in [6, 6.07) is 4.56. The molecular weight excluding hydrogens is 516 g/mol. The van der Waals surface area contributed by atoms with Gasteiger partial charge >= 0.3 is 5.97 Å². The van der Waals surface area contributed by atoms with Crippen molar-refractivity contribution >= 4 is 63.3 Å². The number of aromatic nitrogens is 2. The topological polar surface area (TPSA) is 151 Å². The van der Waals surface area contributed by atoms with E-state index in [1.54, 1.807) is 0 Å². The summed E-state index contributed by atoms with van der Waals surface area (Å²) in [4.78, 5) is 48.4. The maximum absolute atomic E-state index is 13.0. The standard InChI is InChI=1S/C21H19ClN6O5S2/c1-2-8-33-26-13(12-16(22)35-21(23)25-12)17(29)24-14-18(30)28-15(20(31)32)11(10-34-19(14)28)9-27-6-4-3-5-7-27/h2-7,14,19H,1,8-10H2,(H3-,23,24,25,29,31,32)/p+1/b26-13-/t14?,19-/m1/s1. The Labute approximate surface area is 212 Å². The van der Waals surface area contributed by atoms with Gasteiger partial charge in [-0.3, -0.25) is 14.5 Å². The van der Waals surface area contributed by atoms with Crippen LogP contribution >= 0.6 is 34.7 Å². The predicted octanol–water partition coefficient (Wildman–Crippen LogP) is 1.01. The van der Waals surface area contributed by atoms with Gasteiger partial charge in [0.05, 0.1) is 0 Å². The number of anilines is 1. The molecule has 11 nitrogen and oxygen atoms in total. The number of nitrogens with two attached hydrogens (primary N) is 1. The molecule has 1 saturated heterocycles. The van der Waals surface area contributed by atoms with E-state index in [-0.39, 0.29) is 33.2 Å². The molecule has 182 valence electrons. The quantitative estimate of drug-likeness (QED) is 0.107. The first-order valence-electron chi connectivity index (χ1n) is 10.2. The van der Waals surface area contributed by atoms with Gasteiger partial charge in [0, 0.05) is 23.5 Å². The summed E-state index contributed by atoms with van der Waals surface area (Å²) in [6.45, 7) is 3.86. The van der Waals surface area contributed by atoms with Crippen molar-refractivity contribution in [2.24, 2.45) is 5.16 Å². The third-order valence-electron chi connectivity index (χ3n) is 5.08. The lowest BCUT2D eigenvalue weighted by Gasteiger charge is -2.49. The molecule has 1 fully saturated rings. The highest BCUT2D eigenvalue weighted by Crippen LogP contribution is 2.40.